The van der Waals surface area contributed by atoms with Gasteiger partial charge >= 0.3 is 13.6 Å². The van der Waals surface area contributed by atoms with Crippen LogP contribution in [0.2, 0.25) is 0 Å². The number of amides is 3. The number of hydrogen-bond acceptors (Lipinski definition) is 12. The van der Waals surface area contributed by atoms with E-state index in [-0.39, 0.29) is 48.2 Å². The molecule has 0 aliphatic carbocycles. The second kappa shape index (κ2) is 21.9. The van der Waals surface area contributed by atoms with E-state index in [9.17, 15) is 33.5 Å². The molecule has 2 aromatic carbocycles. The Morgan fingerprint density at radius 3 is 2.35 bits per heavy atom. The molecule has 18 heteroatoms. The first-order chi connectivity index (χ1) is 25.4. The molecule has 4 rings (SSSR count). The first-order valence-corrected chi connectivity index (χ1v) is 19.4. The summed E-state index contributed by atoms with van der Waals surface area (Å²) in [5, 5.41) is 5.93. The summed E-state index contributed by atoms with van der Waals surface area (Å²) in [6, 6.07) is 11.5. The Balaban J connectivity index is 0.00000523. The van der Waals surface area contributed by atoms with Crippen molar-refractivity contribution in [2.75, 3.05) is 44.5 Å². The van der Waals surface area contributed by atoms with E-state index >= 15 is 0 Å². The Labute approximate surface area is 321 Å². The van der Waals surface area contributed by atoms with Crippen molar-refractivity contribution in [2.45, 2.75) is 65.8 Å². The lowest BCUT2D eigenvalue weighted by Crippen LogP contribution is -2.49. The highest BCUT2D eigenvalue weighted by molar-refractivity contribution is 7.60. The number of nitrogens with zero attached hydrogens (tertiary/aromatic N) is 2. The van der Waals surface area contributed by atoms with E-state index in [1.165, 1.54) is 30.3 Å². The molecule has 0 radical (unpaired) electrons. The second-order valence-corrected chi connectivity index (χ2v) is 14.2. The minimum absolute atomic E-state index is 0. The first kappa shape index (κ1) is 46.4. The lowest BCUT2D eigenvalue weighted by atomic mass is 9.90. The van der Waals surface area contributed by atoms with Crippen molar-refractivity contribution in [1.29, 1.82) is 0 Å². The predicted molar refractivity (Wildman–Crippen MR) is 207 cm³/mol. The number of hydroxylamine groups is 2. The molecule has 0 spiro atoms. The molecule has 0 unspecified atom stereocenters. The molecule has 1 aliphatic rings. The number of nitrogens with one attached hydrogen (secondary N) is 2. The minimum Gasteiger partial charge on any atom is -0.494 e. The maximum Gasteiger partial charge on any atom is 0.363 e. The molecule has 10 N–H and O–H groups in total. The monoisotopic (exact) mass is 790 g/mol. The molecule has 3 aromatic rings. The van der Waals surface area contributed by atoms with Crippen molar-refractivity contribution in [1.82, 2.24) is 28.0 Å². The van der Waals surface area contributed by atoms with Crippen LogP contribution in [0.1, 0.15) is 79.4 Å². The van der Waals surface area contributed by atoms with E-state index < -0.39 is 37.3 Å². The van der Waals surface area contributed by atoms with Crippen molar-refractivity contribution >= 4 is 42.8 Å². The third-order valence-corrected chi connectivity index (χ3v) is 9.86. The molecule has 0 saturated carbocycles. The normalized spacial score (nSPS) is 13.7. The van der Waals surface area contributed by atoms with Crippen LogP contribution in [0.5, 0.6) is 5.75 Å². The van der Waals surface area contributed by atoms with E-state index in [1.54, 1.807) is 26.8 Å². The molecule has 1 aliphatic heterocycles. The van der Waals surface area contributed by atoms with Gasteiger partial charge in [0.05, 0.1) is 49.3 Å². The third kappa shape index (κ3) is 12.6. The Kier molecular flexibility index (Phi) is 18.5. The molecule has 0 bridgehead atoms. The van der Waals surface area contributed by atoms with E-state index in [1.807, 2.05) is 19.1 Å². The summed E-state index contributed by atoms with van der Waals surface area (Å²) in [7, 11) is -4.61. The maximum absolute atomic E-state index is 13.6. The zero-order chi connectivity index (χ0) is 38.5. The van der Waals surface area contributed by atoms with E-state index in [2.05, 4.69) is 15.5 Å². The van der Waals surface area contributed by atoms with Crippen LogP contribution >= 0.6 is 7.60 Å². The van der Waals surface area contributed by atoms with Crippen molar-refractivity contribution < 1.29 is 52.3 Å². The van der Waals surface area contributed by atoms with Gasteiger partial charge in [0.15, 0.2) is 5.76 Å². The number of furan rings is 1. The van der Waals surface area contributed by atoms with E-state index in [0.717, 1.165) is 36.7 Å². The number of aryl methyl sites for hydroxylation is 1. The predicted octanol–water partition coefficient (Wildman–Crippen LogP) is 4.63. The van der Waals surface area contributed by atoms with Gasteiger partial charge < -0.3 is 56.3 Å². The average Bonchev–Trinajstić information content (AvgIpc) is 3.65. The quantitative estimate of drug-likeness (QED) is 0.0318. The lowest BCUT2D eigenvalue weighted by molar-refractivity contribution is -0.171. The van der Waals surface area contributed by atoms with Gasteiger partial charge in [0.25, 0.3) is 5.91 Å². The largest absolute Gasteiger partial charge is 0.494 e. The van der Waals surface area contributed by atoms with Crippen molar-refractivity contribution in [2.24, 2.45) is 5.92 Å². The average molecular weight is 791 g/mol. The zero-order valence-corrected chi connectivity index (χ0v) is 32.8. The number of anilines is 1. The van der Waals surface area contributed by atoms with Crippen molar-refractivity contribution in [3.63, 3.8) is 0 Å². The van der Waals surface area contributed by atoms with Crippen LogP contribution in [-0.2, 0) is 23.7 Å². The summed E-state index contributed by atoms with van der Waals surface area (Å²) >= 11 is 0. The number of benzene rings is 2. The molecule has 1 fully saturated rings. The molecule has 2 heterocycles. The number of unbranched alkanes of at least 4 members (excludes halogenated alkanes) is 2. The van der Waals surface area contributed by atoms with Crippen LogP contribution in [0.25, 0.3) is 11.3 Å². The van der Waals surface area contributed by atoms with Crippen LogP contribution in [0.15, 0.2) is 52.9 Å². The summed E-state index contributed by atoms with van der Waals surface area (Å²) in [6.45, 7) is 10.1. The summed E-state index contributed by atoms with van der Waals surface area (Å²) in [6.07, 6.45) is 3.54. The lowest BCUT2D eigenvalue weighted by Gasteiger charge is -2.32. The Morgan fingerprint density at radius 1 is 1.00 bits per heavy atom. The van der Waals surface area contributed by atoms with Gasteiger partial charge in [0, 0.05) is 24.3 Å². The zero-order valence-electron chi connectivity index (χ0n) is 32.0. The topological polar surface area (TPSA) is 267 Å². The fourth-order valence-corrected chi connectivity index (χ4v) is 6.75. The van der Waals surface area contributed by atoms with Gasteiger partial charge in [-0.3, -0.25) is 18.9 Å². The SMILES string of the molecule is CCCCC[C@@H](C(=O)NCNC(=O)c1ccc(-c2cc(OCC)cc(P(=O)(O)O)c2)o1)[C@@H](CC)N(C=O)OC(=O)c1ccc(N2CCOCC2)cc1C.N.N. The van der Waals surface area contributed by atoms with Gasteiger partial charge in [-0.25, -0.2) is 4.79 Å². The second-order valence-electron chi connectivity index (χ2n) is 12.6. The summed E-state index contributed by atoms with van der Waals surface area (Å²) in [4.78, 5) is 79.4. The molecule has 2 atom stereocenters. The smallest absolute Gasteiger partial charge is 0.363 e. The van der Waals surface area contributed by atoms with Crippen LogP contribution in [0.3, 0.4) is 0 Å². The molecule has 17 nitrogen and oxygen atoms in total. The Hall–Kier alpha value is -4.77. The number of rotatable bonds is 19. The number of hydrogen-bond donors (Lipinski definition) is 6. The summed E-state index contributed by atoms with van der Waals surface area (Å²) < 4.78 is 28.5. The fraction of sp³-hybridized carbons (Fsp3) is 0.459. The minimum atomic E-state index is -4.61. The van der Waals surface area contributed by atoms with E-state index in [0.29, 0.717) is 55.6 Å². The fourth-order valence-electron chi connectivity index (χ4n) is 6.15. The highest BCUT2D eigenvalue weighted by Crippen LogP contribution is 2.37. The summed E-state index contributed by atoms with van der Waals surface area (Å²) in [5.74, 6) is -2.29. The third-order valence-electron chi connectivity index (χ3n) is 8.93. The van der Waals surface area contributed by atoms with Crippen LogP contribution in [-0.4, -0.2) is 84.7 Å². The van der Waals surface area contributed by atoms with Crippen molar-refractivity contribution in [3.8, 4) is 17.1 Å². The van der Waals surface area contributed by atoms with Crippen molar-refractivity contribution in [3.05, 3.63) is 65.4 Å². The molecule has 1 aromatic heterocycles. The van der Waals surface area contributed by atoms with Gasteiger partial charge in [0.1, 0.15) is 11.5 Å². The van der Waals surface area contributed by atoms with Crippen LogP contribution in [0, 0.1) is 12.8 Å². The number of morpholine rings is 1. The van der Waals surface area contributed by atoms with Gasteiger partial charge in [0.2, 0.25) is 12.3 Å². The van der Waals surface area contributed by atoms with E-state index in [4.69, 9.17) is 18.7 Å². The van der Waals surface area contributed by atoms with Gasteiger partial charge in [-0.1, -0.05) is 33.1 Å². The molecular formula is C37H55N6O11P. The van der Waals surface area contributed by atoms with Crippen LogP contribution < -0.4 is 37.9 Å². The van der Waals surface area contributed by atoms with Gasteiger partial charge in [-0.2, -0.15) is 5.06 Å². The number of carbonyl (C=O) groups excluding carboxylic acids is 4. The molecular weight excluding hydrogens is 735 g/mol. The molecule has 1 saturated heterocycles. The van der Waals surface area contributed by atoms with Crippen LogP contribution in [0.4, 0.5) is 5.69 Å². The van der Waals surface area contributed by atoms with Gasteiger partial charge in [-0.15, -0.1) is 0 Å². The molecule has 55 heavy (non-hydrogen) atoms. The Morgan fingerprint density at radius 2 is 1.73 bits per heavy atom. The highest BCUT2D eigenvalue weighted by atomic mass is 31.2. The summed E-state index contributed by atoms with van der Waals surface area (Å²) in [5.41, 5.74) is 2.23. The number of ether oxygens (including phenoxy) is 2. The maximum atomic E-state index is 13.6. The Bertz CT molecular complexity index is 1780. The molecule has 3 amide bonds. The number of carbonyl (C=O) groups is 4. The molecule has 304 valence electrons. The first-order valence-electron chi connectivity index (χ1n) is 17.8. The standard InChI is InChI=1S/C37H49N4O11P.2H3N/c1-5-8-9-10-31(32(6-2)41(24-42)52-37(45)30-12-11-27(19-25(30)4)40-15-17-49-18-16-40)35(43)38-23-39-36(44)34-14-13-33(51-34)26-20-28(50-7-3)22-29(21-26)53(46,47)48;;/h11-14,19-22,24,31-32H,5-10,15-18,23H2,1-4H3,(H,38,43)(H,39,44)(H2,46,47,48);2*1H3/t31-,32-;;/m1../s1. The van der Waals surface area contributed by atoms with Gasteiger partial charge in [-0.05, 0) is 80.8 Å². The highest BCUT2D eigenvalue weighted by Gasteiger charge is 2.34.